The number of aromatic amines is 2. The van der Waals surface area contributed by atoms with E-state index in [1.54, 1.807) is 47.0 Å². The van der Waals surface area contributed by atoms with Crippen molar-refractivity contribution < 1.29 is 57.1 Å². The third-order valence-corrected chi connectivity index (χ3v) is 20.3. The van der Waals surface area contributed by atoms with Crippen molar-refractivity contribution >= 4 is 116 Å². The summed E-state index contributed by atoms with van der Waals surface area (Å²) in [5.41, 5.74) is 8.11. The zero-order valence-electron chi connectivity index (χ0n) is 57.6. The number of aromatic nitrogens is 8. The summed E-state index contributed by atoms with van der Waals surface area (Å²) >= 11 is 6.17. The molecule has 5 heterocycles. The van der Waals surface area contributed by atoms with Gasteiger partial charge in [-0.15, -0.1) is 47.0 Å². The summed E-state index contributed by atoms with van der Waals surface area (Å²) < 4.78 is 50.4. The lowest BCUT2D eigenvalue weighted by Crippen LogP contribution is -2.24. The van der Waals surface area contributed by atoms with E-state index in [0.717, 1.165) is 67.5 Å². The van der Waals surface area contributed by atoms with E-state index in [9.17, 15) is 19.2 Å². The number of hydrogen-bond acceptors (Lipinski definition) is 22. The van der Waals surface area contributed by atoms with Gasteiger partial charge in [0.1, 0.15) is 47.0 Å². The van der Waals surface area contributed by atoms with Crippen molar-refractivity contribution in [2.24, 2.45) is 0 Å². The fourth-order valence-electron chi connectivity index (χ4n) is 11.4. The molecule has 9 rings (SSSR count). The maximum atomic E-state index is 13.1. The summed E-state index contributed by atoms with van der Waals surface area (Å²) in [6, 6.07) is 16.3. The van der Waals surface area contributed by atoms with Crippen molar-refractivity contribution in [2.45, 2.75) is 229 Å². The van der Waals surface area contributed by atoms with Gasteiger partial charge in [-0.2, -0.15) is 0 Å². The highest BCUT2D eigenvalue weighted by molar-refractivity contribution is 8.03. The molecule has 24 heteroatoms. The summed E-state index contributed by atoms with van der Waals surface area (Å²) in [6.07, 6.45) is 1.97. The van der Waals surface area contributed by atoms with Gasteiger partial charge in [-0.1, -0.05) is 76.2 Å². The van der Waals surface area contributed by atoms with Crippen molar-refractivity contribution in [1.82, 2.24) is 39.9 Å². The van der Waals surface area contributed by atoms with Crippen LogP contribution < -0.4 is 0 Å². The Morgan fingerprint density at radius 1 is 0.365 bits per heavy atom. The molecule has 0 radical (unpaired) electrons. The van der Waals surface area contributed by atoms with Gasteiger partial charge in [0.05, 0.1) is 70.4 Å². The second-order valence-corrected chi connectivity index (χ2v) is 29.2. The maximum Gasteiger partial charge on any atom is 0.305 e. The number of ether oxygens (including phenoxy) is 8. The topological polar surface area (TPSA) is 251 Å². The van der Waals surface area contributed by atoms with Crippen LogP contribution in [0.25, 0.3) is 44.9 Å². The fourth-order valence-corrected chi connectivity index (χ4v) is 15.9. The van der Waals surface area contributed by atoms with Crippen molar-refractivity contribution in [2.75, 3.05) is 49.4 Å². The highest BCUT2D eigenvalue weighted by Crippen LogP contribution is 2.56. The molecular weight excluding hydrogens is 1300 g/mol. The molecular formula is C72H94N8O12S4. The van der Waals surface area contributed by atoms with Gasteiger partial charge in [-0.25, -0.2) is 29.9 Å². The Hall–Kier alpha value is -6.12. The Kier molecular flexibility index (Phi) is 27.9. The minimum absolute atomic E-state index is 0.214. The largest absolute Gasteiger partial charge is 0.466 e. The fraction of sp³-hybridized carbons (Fsp3) is 0.556. The van der Waals surface area contributed by atoms with E-state index in [2.05, 4.69) is 34.2 Å². The molecule has 5 aromatic rings. The minimum Gasteiger partial charge on any atom is -0.466 e. The van der Waals surface area contributed by atoms with Crippen LogP contribution in [0.4, 0.5) is 0 Å². The van der Waals surface area contributed by atoms with Crippen LogP contribution in [0.5, 0.6) is 0 Å². The van der Waals surface area contributed by atoms with Gasteiger partial charge in [0.15, 0.2) is 23.3 Å². The lowest BCUT2D eigenvalue weighted by Gasteiger charge is -2.34. The van der Waals surface area contributed by atoms with Gasteiger partial charge in [0.2, 0.25) is 0 Å². The van der Waals surface area contributed by atoms with Crippen LogP contribution in [-0.4, -0.2) is 138 Å². The number of carbonyl (C=O) groups is 4. The molecule has 4 aliphatic rings. The molecule has 2 N–H and O–H groups in total. The molecule has 2 aliphatic heterocycles. The lowest BCUT2D eigenvalue weighted by molar-refractivity contribution is -0.144. The summed E-state index contributed by atoms with van der Waals surface area (Å²) in [5, 5.41) is 0. The van der Waals surface area contributed by atoms with Crippen molar-refractivity contribution in [3.63, 3.8) is 0 Å². The van der Waals surface area contributed by atoms with E-state index in [1.165, 1.54) is 0 Å². The number of H-pyrrole nitrogens is 2. The van der Waals surface area contributed by atoms with Crippen molar-refractivity contribution in [3.8, 4) is 0 Å². The lowest BCUT2D eigenvalue weighted by atomic mass is 9.82. The second kappa shape index (κ2) is 36.1. The monoisotopic (exact) mass is 1390 g/mol. The second-order valence-electron chi connectivity index (χ2n) is 24.8. The number of rotatable bonds is 36. The first-order valence-corrected chi connectivity index (χ1v) is 38.1. The van der Waals surface area contributed by atoms with Crippen LogP contribution >= 0.6 is 47.0 Å². The number of nitrogens with one attached hydrogen (secondary N) is 2. The van der Waals surface area contributed by atoms with Crippen LogP contribution in [-0.2, 0) is 57.1 Å². The summed E-state index contributed by atoms with van der Waals surface area (Å²) in [6.45, 7) is 25.3. The van der Waals surface area contributed by atoms with E-state index in [-0.39, 0.29) is 74.0 Å². The van der Waals surface area contributed by atoms with Gasteiger partial charge in [0, 0.05) is 48.0 Å². The number of fused-ring (bicyclic) bond motifs is 14. The molecule has 0 saturated heterocycles. The van der Waals surface area contributed by atoms with Gasteiger partial charge in [0.25, 0.3) is 0 Å². The molecule has 0 amide bonds. The normalized spacial score (nSPS) is 16.5. The molecule has 8 bridgehead atoms. The van der Waals surface area contributed by atoms with E-state index < -0.39 is 24.4 Å². The third-order valence-electron chi connectivity index (χ3n) is 15.3. The average molecular weight is 1390 g/mol. The molecule has 4 unspecified atom stereocenters. The molecule has 96 heavy (non-hydrogen) atoms. The molecule has 0 fully saturated rings. The molecule has 2 aliphatic carbocycles. The van der Waals surface area contributed by atoms with Crippen LogP contribution in [0.1, 0.15) is 230 Å². The zero-order chi connectivity index (χ0) is 68.4. The van der Waals surface area contributed by atoms with E-state index in [0.29, 0.717) is 143 Å². The first-order chi connectivity index (χ1) is 46.4. The van der Waals surface area contributed by atoms with Crippen molar-refractivity contribution in [1.29, 1.82) is 0 Å². The van der Waals surface area contributed by atoms with Gasteiger partial charge >= 0.3 is 23.9 Å². The quantitative estimate of drug-likeness (QED) is 0.0164. The number of benzene rings is 2. The minimum atomic E-state index is -0.684. The zero-order valence-corrected chi connectivity index (χ0v) is 60.9. The number of carbonyl (C=O) groups excluding carboxylic acids is 4. The molecule has 518 valence electrons. The van der Waals surface area contributed by atoms with Crippen LogP contribution in [0.15, 0.2) is 68.1 Å². The number of hydrogen-bond donors (Lipinski definition) is 2. The molecule has 0 saturated carbocycles. The Morgan fingerprint density at radius 2 is 0.583 bits per heavy atom. The first-order valence-electron chi connectivity index (χ1n) is 34.2. The Morgan fingerprint density at radius 3 is 0.781 bits per heavy atom. The van der Waals surface area contributed by atoms with Crippen LogP contribution in [0, 0.1) is 0 Å². The van der Waals surface area contributed by atoms with E-state index in [4.69, 9.17) is 67.8 Å². The summed E-state index contributed by atoms with van der Waals surface area (Å²) in [5.74, 6) is 2.30. The number of nitrogens with zero attached hydrogens (tertiary/aromatic N) is 6. The molecule has 20 nitrogen and oxygen atoms in total. The highest BCUT2D eigenvalue weighted by Gasteiger charge is 2.45. The molecule has 4 atom stereocenters. The standard InChI is InChI=1S/C72H94N8O12S4/c1-13-33-85-49(81)29-21-37-93-61-62(94-38-22-30-50(82)86-34-14-2)70-76-66-55-56(60(92-44(11)12)48-28-20-19-27-47(48)59(55)91-43(9)10)68(74-66)78-72-64(96-40-24-32-52(84)88-36-16-4)63(95-39-23-31-51(83)87-35-15-3)71(80-72)77-67-54-53(65(73-67)75-69(61)79-70)57(89-41(5)6)45-25-17-18-26-46(45)58(54)90-42(7)8/h17-20,25-28,41-44,57-60H,13-16,21-24,29-40H2,1-12H3,(H2,73,74,75,76,77,78,79,80). The average Bonchev–Trinajstić information content (AvgIpc) is 1.49. The number of esters is 4. The Labute approximate surface area is 581 Å². The first kappa shape index (κ1) is 74.1. The number of thioether (sulfide) groups is 4. The van der Waals surface area contributed by atoms with Gasteiger partial charge in [-0.3, -0.25) is 19.2 Å². The molecule has 0 spiro atoms. The van der Waals surface area contributed by atoms with E-state index in [1.807, 2.05) is 107 Å². The SMILES string of the molecule is CCCOC(=O)CCCSc1c(SCCCC(=O)OCCC)c2nc3nc(nc4[nH]c(nc5nc(nc1[nH]2)C1=C5C(OC(C)C)c2ccccc2C1OC(C)C)c(SCCCC(=O)OCCC)c4SCCCC(=O)OCCC)C1=C3C(OC(C)C)c2ccccc2C1OC(C)C. The van der Waals surface area contributed by atoms with Gasteiger partial charge in [-0.05, 0) is 152 Å². The highest BCUT2D eigenvalue weighted by atomic mass is 32.2. The Bertz CT molecular complexity index is 3310. The van der Waals surface area contributed by atoms with E-state index >= 15 is 0 Å². The van der Waals surface area contributed by atoms with Crippen LogP contribution in [0.2, 0.25) is 0 Å². The summed E-state index contributed by atoms with van der Waals surface area (Å²) in [4.78, 5) is 96.4. The van der Waals surface area contributed by atoms with Gasteiger partial charge < -0.3 is 47.9 Å². The molecule has 2 aromatic carbocycles. The van der Waals surface area contributed by atoms with Crippen molar-refractivity contribution in [3.05, 3.63) is 94.1 Å². The maximum absolute atomic E-state index is 13.1. The predicted octanol–water partition coefficient (Wildman–Crippen LogP) is 16.3. The Balaban J connectivity index is 1.41. The predicted molar refractivity (Wildman–Crippen MR) is 379 cm³/mol. The van der Waals surface area contributed by atoms with Crippen LogP contribution in [0.3, 0.4) is 0 Å². The third kappa shape index (κ3) is 18.8. The smallest absolute Gasteiger partial charge is 0.305 e. The summed E-state index contributed by atoms with van der Waals surface area (Å²) in [7, 11) is 0. The molecule has 3 aromatic heterocycles.